The Bertz CT molecular complexity index is 1100. The number of amides is 1. The standard InChI is InChI=1S/C21H21F2N5O4/c1-11-5-13(6-26-20(11)32-10-17(22)23)12(2)28-8-14-15(9-28)18(25-7-16(14)29)27-19(30)21-24-3-4-31-21/h3-6,12,17H,7-10H2,1-2H3,(H,25,27,30). The molecule has 9 nitrogen and oxygen atoms in total. The van der Waals surface area contributed by atoms with Crippen molar-refractivity contribution >= 4 is 17.5 Å². The third-order valence-corrected chi connectivity index (χ3v) is 5.38. The normalized spacial score (nSPS) is 17.4. The van der Waals surface area contributed by atoms with Crippen molar-refractivity contribution < 1.29 is 27.5 Å². The average molecular weight is 445 g/mol. The number of hydrogen-bond acceptors (Lipinski definition) is 8. The SMILES string of the molecule is Cc1cc(C(C)N2CC3=C(C2)C(NC(=O)c2ncco2)=NCC3=O)cnc1OCC(F)F. The molecule has 1 unspecified atom stereocenters. The molecule has 0 fully saturated rings. The summed E-state index contributed by atoms with van der Waals surface area (Å²) in [6.45, 7) is 3.74. The summed E-state index contributed by atoms with van der Waals surface area (Å²) in [4.78, 5) is 39.0. The number of alkyl halides is 2. The highest BCUT2D eigenvalue weighted by Gasteiger charge is 2.35. The Labute approximate surface area is 182 Å². The first kappa shape index (κ1) is 21.8. The highest BCUT2D eigenvalue weighted by Crippen LogP contribution is 2.31. The molecule has 32 heavy (non-hydrogen) atoms. The van der Waals surface area contributed by atoms with E-state index in [2.05, 4.69) is 25.2 Å². The molecule has 2 aliphatic heterocycles. The molecule has 0 bridgehead atoms. The Morgan fingerprint density at radius 1 is 1.31 bits per heavy atom. The van der Waals surface area contributed by atoms with Crippen molar-refractivity contribution in [2.75, 3.05) is 26.2 Å². The number of aryl methyl sites for hydroxylation is 1. The van der Waals surface area contributed by atoms with Gasteiger partial charge >= 0.3 is 5.91 Å². The van der Waals surface area contributed by atoms with Gasteiger partial charge in [-0.15, -0.1) is 0 Å². The van der Waals surface area contributed by atoms with E-state index >= 15 is 0 Å². The van der Waals surface area contributed by atoms with E-state index in [0.29, 0.717) is 35.6 Å². The molecule has 1 atom stereocenters. The average Bonchev–Trinajstić information content (AvgIpc) is 3.45. The van der Waals surface area contributed by atoms with Crippen molar-refractivity contribution in [2.45, 2.75) is 26.3 Å². The fourth-order valence-electron chi connectivity index (χ4n) is 3.67. The molecule has 2 aromatic rings. The Kier molecular flexibility index (Phi) is 6.08. The molecule has 11 heteroatoms. The first-order valence-corrected chi connectivity index (χ1v) is 9.96. The summed E-state index contributed by atoms with van der Waals surface area (Å²) in [5.41, 5.74) is 2.76. The van der Waals surface area contributed by atoms with Gasteiger partial charge in [-0.05, 0) is 25.5 Å². The summed E-state index contributed by atoms with van der Waals surface area (Å²) < 4.78 is 34.8. The van der Waals surface area contributed by atoms with Gasteiger partial charge in [0.2, 0.25) is 5.88 Å². The molecule has 0 aliphatic carbocycles. The number of nitrogens with one attached hydrogen (secondary N) is 1. The lowest BCUT2D eigenvalue weighted by Crippen LogP contribution is -2.36. The van der Waals surface area contributed by atoms with E-state index in [0.717, 1.165) is 5.56 Å². The van der Waals surface area contributed by atoms with Gasteiger partial charge in [0, 0.05) is 42.0 Å². The van der Waals surface area contributed by atoms with Crippen LogP contribution in [0.1, 0.15) is 34.8 Å². The molecule has 4 heterocycles. The molecule has 0 saturated carbocycles. The van der Waals surface area contributed by atoms with E-state index in [1.807, 2.05) is 13.0 Å². The molecule has 1 N–H and O–H groups in total. The van der Waals surface area contributed by atoms with E-state index in [4.69, 9.17) is 9.15 Å². The number of aliphatic imine (C=N–C) groups is 1. The van der Waals surface area contributed by atoms with Crippen molar-refractivity contribution in [3.63, 3.8) is 0 Å². The fraction of sp³-hybridized carbons (Fsp3) is 0.381. The molecule has 4 rings (SSSR count). The minimum Gasteiger partial charge on any atom is -0.471 e. The number of dihydropyridines is 1. The predicted molar refractivity (Wildman–Crippen MR) is 109 cm³/mol. The number of pyridine rings is 1. The fourth-order valence-corrected chi connectivity index (χ4v) is 3.67. The van der Waals surface area contributed by atoms with Crippen LogP contribution >= 0.6 is 0 Å². The first-order valence-electron chi connectivity index (χ1n) is 9.96. The zero-order valence-corrected chi connectivity index (χ0v) is 17.5. The van der Waals surface area contributed by atoms with Gasteiger partial charge in [-0.1, -0.05) is 0 Å². The van der Waals surface area contributed by atoms with Gasteiger partial charge in [-0.25, -0.2) is 18.7 Å². The topological polar surface area (TPSA) is 110 Å². The number of oxazole rings is 1. The molecule has 168 valence electrons. The largest absolute Gasteiger partial charge is 0.471 e. The zero-order valence-electron chi connectivity index (χ0n) is 17.5. The molecule has 0 radical (unpaired) electrons. The summed E-state index contributed by atoms with van der Waals surface area (Å²) in [6, 6.07) is 1.70. The summed E-state index contributed by atoms with van der Waals surface area (Å²) in [7, 11) is 0. The third-order valence-electron chi connectivity index (χ3n) is 5.38. The summed E-state index contributed by atoms with van der Waals surface area (Å²) >= 11 is 0. The Morgan fingerprint density at radius 3 is 2.78 bits per heavy atom. The van der Waals surface area contributed by atoms with Crippen LogP contribution < -0.4 is 10.1 Å². The highest BCUT2D eigenvalue weighted by molar-refractivity contribution is 6.18. The van der Waals surface area contributed by atoms with Gasteiger partial charge in [-0.2, -0.15) is 0 Å². The lowest BCUT2D eigenvalue weighted by atomic mass is 10.0. The zero-order chi connectivity index (χ0) is 22.8. The van der Waals surface area contributed by atoms with Crippen molar-refractivity contribution in [3.05, 3.63) is 52.9 Å². The second kappa shape index (κ2) is 8.95. The van der Waals surface area contributed by atoms with E-state index < -0.39 is 18.9 Å². The van der Waals surface area contributed by atoms with Crippen LogP contribution in [0.2, 0.25) is 0 Å². The Hall–Kier alpha value is -3.47. The minimum absolute atomic E-state index is 0.0426. The number of ketones is 1. The maximum Gasteiger partial charge on any atom is 0.312 e. The van der Waals surface area contributed by atoms with Gasteiger partial charge in [0.05, 0.1) is 6.20 Å². The number of carbonyl (C=O) groups is 2. The van der Waals surface area contributed by atoms with E-state index in [-0.39, 0.29) is 30.1 Å². The number of rotatable bonds is 6. The van der Waals surface area contributed by atoms with Crippen molar-refractivity contribution in [1.82, 2.24) is 20.2 Å². The lowest BCUT2D eigenvalue weighted by Gasteiger charge is -2.25. The molecule has 0 aromatic carbocycles. The second-order valence-corrected chi connectivity index (χ2v) is 7.51. The Balaban J connectivity index is 1.47. The molecule has 2 aliphatic rings. The van der Waals surface area contributed by atoms with Crippen LogP contribution in [0.15, 0.2) is 45.3 Å². The van der Waals surface area contributed by atoms with Crippen molar-refractivity contribution in [1.29, 1.82) is 0 Å². The summed E-state index contributed by atoms with van der Waals surface area (Å²) in [5.74, 6) is -0.221. The number of hydrogen-bond donors (Lipinski definition) is 1. The van der Waals surface area contributed by atoms with E-state index in [9.17, 15) is 18.4 Å². The second-order valence-electron chi connectivity index (χ2n) is 7.51. The van der Waals surface area contributed by atoms with Crippen LogP contribution in [0.5, 0.6) is 5.88 Å². The van der Waals surface area contributed by atoms with Gasteiger partial charge in [0.1, 0.15) is 18.6 Å². The lowest BCUT2D eigenvalue weighted by molar-refractivity contribution is -0.114. The van der Waals surface area contributed by atoms with Crippen molar-refractivity contribution in [3.8, 4) is 5.88 Å². The van der Waals surface area contributed by atoms with Crippen LogP contribution in [-0.4, -0.2) is 65.1 Å². The number of carbonyl (C=O) groups excluding carboxylic acids is 2. The monoisotopic (exact) mass is 445 g/mol. The number of Topliss-reactive ketones (excluding diaryl/α,β-unsaturated/α-hetero) is 1. The summed E-state index contributed by atoms with van der Waals surface area (Å²) in [5, 5.41) is 2.68. The van der Waals surface area contributed by atoms with E-state index in [1.165, 1.54) is 12.5 Å². The van der Waals surface area contributed by atoms with Crippen LogP contribution in [0.3, 0.4) is 0 Å². The van der Waals surface area contributed by atoms with Crippen LogP contribution in [0, 0.1) is 6.92 Å². The number of halogens is 2. The minimum atomic E-state index is -2.57. The smallest absolute Gasteiger partial charge is 0.312 e. The number of ether oxygens (including phenoxy) is 1. The molecule has 2 aromatic heterocycles. The van der Waals surface area contributed by atoms with Crippen LogP contribution in [-0.2, 0) is 4.79 Å². The molecule has 0 saturated heterocycles. The van der Waals surface area contributed by atoms with Gasteiger partial charge in [-0.3, -0.25) is 19.5 Å². The first-order chi connectivity index (χ1) is 15.3. The quantitative estimate of drug-likeness (QED) is 0.725. The Morgan fingerprint density at radius 2 is 2.09 bits per heavy atom. The maximum absolute atomic E-state index is 12.4. The predicted octanol–water partition coefficient (Wildman–Crippen LogP) is 2.11. The number of aromatic nitrogens is 2. The van der Waals surface area contributed by atoms with Crippen molar-refractivity contribution in [2.24, 2.45) is 4.99 Å². The molecule has 0 spiro atoms. The summed E-state index contributed by atoms with van der Waals surface area (Å²) in [6.07, 6.45) is 1.67. The molecular weight excluding hydrogens is 424 g/mol. The third kappa shape index (κ3) is 4.42. The number of nitrogens with zero attached hydrogens (tertiary/aromatic N) is 4. The van der Waals surface area contributed by atoms with Gasteiger partial charge in [0.25, 0.3) is 12.3 Å². The van der Waals surface area contributed by atoms with Crippen LogP contribution in [0.25, 0.3) is 0 Å². The van der Waals surface area contributed by atoms with Gasteiger partial charge < -0.3 is 14.5 Å². The highest BCUT2D eigenvalue weighted by atomic mass is 19.3. The molecule has 1 amide bonds. The molecular formula is C21H21F2N5O4. The van der Waals surface area contributed by atoms with Gasteiger partial charge in [0.15, 0.2) is 12.4 Å². The van der Waals surface area contributed by atoms with E-state index in [1.54, 1.807) is 13.1 Å². The van der Waals surface area contributed by atoms with Crippen LogP contribution in [0.4, 0.5) is 8.78 Å². The maximum atomic E-state index is 12.4. The number of amidine groups is 1.